The average molecular weight is 248 g/mol. The molecule has 18 heavy (non-hydrogen) atoms. The fourth-order valence-electron chi connectivity index (χ4n) is 2.06. The maximum atomic E-state index is 11.8. The average Bonchev–Trinajstić information content (AvgIpc) is 2.77. The molecule has 0 saturated carbocycles. The lowest BCUT2D eigenvalue weighted by atomic mass is 9.94. The van der Waals surface area contributed by atoms with Crippen LogP contribution in [0.15, 0.2) is 35.9 Å². The van der Waals surface area contributed by atoms with Gasteiger partial charge in [-0.05, 0) is 18.1 Å². The molecule has 2 rings (SSSR count). The largest absolute Gasteiger partial charge is 0.450 e. The van der Waals surface area contributed by atoms with Crippen LogP contribution in [0.3, 0.4) is 0 Å². The maximum Gasteiger partial charge on any atom is 0.335 e. The van der Waals surface area contributed by atoms with Crippen molar-refractivity contribution in [2.45, 2.75) is 18.9 Å². The Morgan fingerprint density at radius 3 is 2.39 bits per heavy atom. The van der Waals surface area contributed by atoms with Crippen molar-refractivity contribution < 1.29 is 19.7 Å². The van der Waals surface area contributed by atoms with Crippen molar-refractivity contribution in [1.29, 1.82) is 0 Å². The molecule has 1 aromatic carbocycles. The molecule has 1 fully saturated rings. The van der Waals surface area contributed by atoms with E-state index in [1.54, 1.807) is 0 Å². The van der Waals surface area contributed by atoms with Gasteiger partial charge in [-0.2, -0.15) is 0 Å². The summed E-state index contributed by atoms with van der Waals surface area (Å²) in [6.45, 7) is 1.10. The van der Waals surface area contributed by atoms with Gasteiger partial charge in [-0.1, -0.05) is 30.3 Å². The molecule has 0 spiro atoms. The van der Waals surface area contributed by atoms with E-state index in [1.807, 2.05) is 37.3 Å². The molecule has 1 aliphatic heterocycles. The van der Waals surface area contributed by atoms with Gasteiger partial charge in [0.05, 0.1) is 13.2 Å². The zero-order valence-corrected chi connectivity index (χ0v) is 10.2. The summed E-state index contributed by atoms with van der Waals surface area (Å²) >= 11 is 0. The zero-order valence-electron chi connectivity index (χ0n) is 10.2. The highest BCUT2D eigenvalue weighted by Crippen LogP contribution is 2.34. The van der Waals surface area contributed by atoms with Gasteiger partial charge in [-0.3, -0.25) is 0 Å². The van der Waals surface area contributed by atoms with E-state index in [1.165, 1.54) is 0 Å². The molecule has 0 radical (unpaired) electrons. The molecule has 0 amide bonds. The molecule has 4 nitrogen and oxygen atoms in total. The minimum Gasteiger partial charge on any atom is -0.450 e. The van der Waals surface area contributed by atoms with E-state index in [9.17, 15) is 15.0 Å². The molecule has 4 heteroatoms. The SMILES string of the molecule is C/C(=C1/CC(CO)(CO)OC1=O)c1ccccc1. The van der Waals surface area contributed by atoms with Gasteiger partial charge < -0.3 is 14.9 Å². The molecular weight excluding hydrogens is 232 g/mol. The van der Waals surface area contributed by atoms with E-state index in [0.29, 0.717) is 5.57 Å². The van der Waals surface area contributed by atoms with E-state index in [-0.39, 0.29) is 19.6 Å². The predicted octanol–water partition coefficient (Wildman–Crippen LogP) is 1.13. The van der Waals surface area contributed by atoms with Crippen LogP contribution >= 0.6 is 0 Å². The second kappa shape index (κ2) is 4.92. The number of carbonyl (C=O) groups excluding carboxylic acids is 1. The highest BCUT2D eigenvalue weighted by Gasteiger charge is 2.43. The number of allylic oxidation sites excluding steroid dienone is 1. The first-order valence-corrected chi connectivity index (χ1v) is 5.82. The fraction of sp³-hybridized carbons (Fsp3) is 0.357. The zero-order chi connectivity index (χ0) is 13.2. The number of aliphatic hydroxyl groups is 2. The molecule has 1 aliphatic rings. The summed E-state index contributed by atoms with van der Waals surface area (Å²) in [5.41, 5.74) is 1.12. The molecular formula is C14H16O4. The summed E-state index contributed by atoms with van der Waals surface area (Å²) in [4.78, 5) is 11.8. The quantitative estimate of drug-likeness (QED) is 0.621. The van der Waals surface area contributed by atoms with Gasteiger partial charge in [0.25, 0.3) is 0 Å². The predicted molar refractivity (Wildman–Crippen MR) is 66.6 cm³/mol. The second-order valence-corrected chi connectivity index (χ2v) is 4.54. The Hall–Kier alpha value is -1.65. The van der Waals surface area contributed by atoms with E-state index >= 15 is 0 Å². The standard InChI is InChI=1S/C14H16O4/c1-10(11-5-3-2-4-6-11)12-7-14(8-15,9-16)18-13(12)17/h2-6,15-16H,7-9H2,1H3/b12-10+. The van der Waals surface area contributed by atoms with Gasteiger partial charge in [0, 0.05) is 12.0 Å². The van der Waals surface area contributed by atoms with E-state index in [0.717, 1.165) is 11.1 Å². The number of esters is 1. The molecule has 1 heterocycles. The van der Waals surface area contributed by atoms with Crippen molar-refractivity contribution in [2.75, 3.05) is 13.2 Å². The third kappa shape index (κ3) is 2.17. The van der Waals surface area contributed by atoms with Crippen molar-refractivity contribution in [3.8, 4) is 0 Å². The molecule has 0 bridgehead atoms. The minimum absolute atomic E-state index is 0.236. The topological polar surface area (TPSA) is 66.8 Å². The van der Waals surface area contributed by atoms with E-state index in [2.05, 4.69) is 0 Å². The number of cyclic esters (lactones) is 1. The van der Waals surface area contributed by atoms with E-state index < -0.39 is 11.6 Å². The Bertz CT molecular complexity index is 472. The lowest BCUT2D eigenvalue weighted by Gasteiger charge is -2.21. The van der Waals surface area contributed by atoms with Crippen molar-refractivity contribution in [2.24, 2.45) is 0 Å². The number of hydrogen-bond donors (Lipinski definition) is 2. The third-order valence-corrected chi connectivity index (χ3v) is 3.29. The number of carbonyl (C=O) groups is 1. The first kappa shape index (κ1) is 12.8. The van der Waals surface area contributed by atoms with Crippen LogP contribution in [0.1, 0.15) is 18.9 Å². The summed E-state index contributed by atoms with van der Waals surface area (Å²) < 4.78 is 5.11. The van der Waals surface area contributed by atoms with Crippen LogP contribution in [0, 0.1) is 0 Å². The van der Waals surface area contributed by atoms with Crippen LogP contribution < -0.4 is 0 Å². The van der Waals surface area contributed by atoms with Gasteiger partial charge in [0.1, 0.15) is 0 Å². The number of ether oxygens (including phenoxy) is 1. The summed E-state index contributed by atoms with van der Waals surface area (Å²) in [7, 11) is 0. The minimum atomic E-state index is -1.16. The lowest BCUT2D eigenvalue weighted by Crippen LogP contribution is -2.37. The first-order chi connectivity index (χ1) is 8.62. The Balaban J connectivity index is 2.37. The van der Waals surface area contributed by atoms with Crippen LogP contribution in [0.5, 0.6) is 0 Å². The molecule has 0 aromatic heterocycles. The van der Waals surface area contributed by atoms with Gasteiger partial charge in [0.15, 0.2) is 5.60 Å². The maximum absolute atomic E-state index is 11.8. The Morgan fingerprint density at radius 1 is 1.28 bits per heavy atom. The first-order valence-electron chi connectivity index (χ1n) is 5.82. The van der Waals surface area contributed by atoms with Crippen LogP contribution in [0.25, 0.3) is 5.57 Å². The summed E-state index contributed by atoms with van der Waals surface area (Å²) in [5.74, 6) is -0.459. The van der Waals surface area contributed by atoms with Gasteiger partial charge in [-0.25, -0.2) is 4.79 Å². The van der Waals surface area contributed by atoms with Crippen molar-refractivity contribution in [3.63, 3.8) is 0 Å². The smallest absolute Gasteiger partial charge is 0.335 e. The molecule has 0 unspecified atom stereocenters. The lowest BCUT2D eigenvalue weighted by molar-refractivity contribution is -0.154. The highest BCUT2D eigenvalue weighted by molar-refractivity contribution is 5.99. The molecule has 2 N–H and O–H groups in total. The van der Waals surface area contributed by atoms with Gasteiger partial charge in [0.2, 0.25) is 0 Å². The summed E-state index contributed by atoms with van der Waals surface area (Å²) in [5, 5.41) is 18.5. The summed E-state index contributed by atoms with van der Waals surface area (Å²) in [6, 6.07) is 9.51. The molecule has 0 atom stereocenters. The second-order valence-electron chi connectivity index (χ2n) is 4.54. The van der Waals surface area contributed by atoms with E-state index in [4.69, 9.17) is 4.74 Å². The summed E-state index contributed by atoms with van der Waals surface area (Å²) in [6.07, 6.45) is 0.236. The molecule has 96 valence electrons. The van der Waals surface area contributed by atoms with Gasteiger partial charge >= 0.3 is 5.97 Å². The Labute approximate surface area is 106 Å². The number of aliphatic hydroxyl groups excluding tert-OH is 2. The molecule has 1 aromatic rings. The Morgan fingerprint density at radius 2 is 1.89 bits per heavy atom. The van der Waals surface area contributed by atoms with Crippen LogP contribution in [0.2, 0.25) is 0 Å². The van der Waals surface area contributed by atoms with Crippen LogP contribution in [0.4, 0.5) is 0 Å². The van der Waals surface area contributed by atoms with Crippen molar-refractivity contribution in [1.82, 2.24) is 0 Å². The normalized spacial score (nSPS) is 20.7. The number of rotatable bonds is 3. The highest BCUT2D eigenvalue weighted by atomic mass is 16.6. The third-order valence-electron chi connectivity index (χ3n) is 3.29. The number of benzene rings is 1. The number of hydrogen-bond acceptors (Lipinski definition) is 4. The molecule has 0 aliphatic carbocycles. The van der Waals surface area contributed by atoms with Crippen LogP contribution in [-0.2, 0) is 9.53 Å². The Kier molecular flexibility index (Phi) is 3.50. The van der Waals surface area contributed by atoms with Crippen molar-refractivity contribution in [3.05, 3.63) is 41.5 Å². The monoisotopic (exact) mass is 248 g/mol. The van der Waals surface area contributed by atoms with Gasteiger partial charge in [-0.15, -0.1) is 0 Å². The molecule has 1 saturated heterocycles. The van der Waals surface area contributed by atoms with Crippen LogP contribution in [-0.4, -0.2) is 35.0 Å². The van der Waals surface area contributed by atoms with Crippen molar-refractivity contribution >= 4 is 11.5 Å². The fourth-order valence-corrected chi connectivity index (χ4v) is 2.06.